The van der Waals surface area contributed by atoms with Crippen LogP contribution in [-0.4, -0.2) is 0 Å². The van der Waals surface area contributed by atoms with Crippen molar-refractivity contribution < 1.29 is 9.30 Å². The molecule has 5 aromatic rings. The summed E-state index contributed by atoms with van der Waals surface area (Å²) in [4.78, 5) is 0. The maximum atomic E-state index is 7.04. The highest BCUT2D eigenvalue weighted by atomic mass is 16.5. The lowest BCUT2D eigenvalue weighted by atomic mass is 9.84. The second kappa shape index (κ2) is 8.56. The van der Waals surface area contributed by atoms with Gasteiger partial charge in [-0.25, -0.2) is 4.57 Å². The van der Waals surface area contributed by atoms with Crippen molar-refractivity contribution >= 4 is 32.3 Å². The molecule has 192 valence electrons. The topological polar surface area (TPSA) is 13.1 Å². The molecule has 0 bridgehead atoms. The van der Waals surface area contributed by atoms with Gasteiger partial charge in [-0.15, -0.1) is 0 Å². The van der Waals surface area contributed by atoms with Gasteiger partial charge in [0, 0.05) is 17.0 Å². The number of fused-ring (bicyclic) bond motifs is 5. The van der Waals surface area contributed by atoms with E-state index in [0.717, 1.165) is 30.3 Å². The summed E-state index contributed by atoms with van der Waals surface area (Å²) in [5.41, 5.74) is 6.94. The van der Waals surface area contributed by atoms with Gasteiger partial charge in [-0.1, -0.05) is 88.9 Å². The molecule has 0 N–H and O–H groups in total. The van der Waals surface area contributed by atoms with Gasteiger partial charge in [0.05, 0.1) is 10.9 Å². The zero-order valence-corrected chi connectivity index (χ0v) is 23.4. The Morgan fingerprint density at radius 2 is 1.66 bits per heavy atom. The number of hydrogen-bond acceptors (Lipinski definition) is 1. The lowest BCUT2D eigenvalue weighted by molar-refractivity contribution is -0.659. The zero-order chi connectivity index (χ0) is 26.2. The van der Waals surface area contributed by atoms with Crippen molar-refractivity contribution in [3.63, 3.8) is 0 Å². The number of nitrogens with zero attached hydrogens (tertiary/aromatic N) is 1. The van der Waals surface area contributed by atoms with Crippen LogP contribution in [0.15, 0.2) is 60.8 Å². The minimum absolute atomic E-state index is 0.252. The van der Waals surface area contributed by atoms with E-state index in [1.54, 1.807) is 0 Å². The van der Waals surface area contributed by atoms with Crippen molar-refractivity contribution in [2.45, 2.75) is 66.2 Å². The van der Waals surface area contributed by atoms with Crippen LogP contribution in [0.2, 0.25) is 0 Å². The van der Waals surface area contributed by atoms with Gasteiger partial charge in [0.15, 0.2) is 6.20 Å². The first kappa shape index (κ1) is 23.7. The summed E-state index contributed by atoms with van der Waals surface area (Å²) in [5.74, 6) is 2.84. The summed E-state index contributed by atoms with van der Waals surface area (Å²) in [6.45, 7) is 9.23. The van der Waals surface area contributed by atoms with Crippen molar-refractivity contribution in [2.24, 2.45) is 18.4 Å². The molecule has 1 aromatic heterocycles. The Morgan fingerprint density at radius 1 is 0.895 bits per heavy atom. The molecule has 1 saturated carbocycles. The van der Waals surface area contributed by atoms with E-state index < -0.39 is 0 Å². The molecule has 1 aliphatic carbocycles. The molecular formula is C36H38NO+. The fraction of sp³-hybridized carbons (Fsp3) is 0.361. The minimum Gasteiger partial charge on any atom is -0.455 e. The SMILES string of the molecule is Cc1c2c(c(CC3CCCC3)c3ccccc13)Oc1cc3ccc(CC(C)(C)C)cc3c3cc[n+](C)c-2c13. The lowest BCUT2D eigenvalue weighted by Gasteiger charge is -2.26. The first-order valence-electron chi connectivity index (χ1n) is 14.4. The standard InChI is InChI=1S/C36H38NO/c1-22-26-12-8-9-13-27(26)30(18-23-10-6-7-11-23)35-32(22)34-33-28(16-17-37(34)5)29-19-24(21-36(2,3)4)14-15-25(29)20-31(33)38-35/h8-9,12-17,19-20,23H,6-7,10-11,18,21H2,1-5H3/q+1. The third-order valence-corrected chi connectivity index (χ3v) is 8.95. The predicted molar refractivity (Wildman–Crippen MR) is 159 cm³/mol. The Balaban J connectivity index is 1.54. The average Bonchev–Trinajstić information content (AvgIpc) is 3.40. The number of ether oxygens (including phenoxy) is 1. The summed E-state index contributed by atoms with van der Waals surface area (Å²) in [6, 6.07) is 20.6. The van der Waals surface area contributed by atoms with E-state index >= 15 is 0 Å². The van der Waals surface area contributed by atoms with E-state index in [1.165, 1.54) is 85.9 Å². The van der Waals surface area contributed by atoms with Crippen molar-refractivity contribution in [2.75, 3.05) is 0 Å². The van der Waals surface area contributed by atoms with Crippen LogP contribution in [0.1, 0.15) is 63.1 Å². The number of aryl methyl sites for hydroxylation is 2. The fourth-order valence-electron chi connectivity index (χ4n) is 7.27. The van der Waals surface area contributed by atoms with Gasteiger partial charge in [-0.2, -0.15) is 0 Å². The fourth-order valence-corrected chi connectivity index (χ4v) is 7.27. The number of rotatable bonds is 3. The summed E-state index contributed by atoms with van der Waals surface area (Å²) in [5, 5.41) is 7.83. The number of aromatic nitrogens is 1. The third-order valence-electron chi connectivity index (χ3n) is 8.95. The molecule has 0 unspecified atom stereocenters. The van der Waals surface area contributed by atoms with Gasteiger partial charge >= 0.3 is 0 Å². The normalized spacial score (nSPS) is 15.4. The van der Waals surface area contributed by atoms with Crippen LogP contribution in [-0.2, 0) is 19.9 Å². The maximum Gasteiger partial charge on any atom is 0.228 e. The first-order valence-corrected chi connectivity index (χ1v) is 14.4. The van der Waals surface area contributed by atoms with E-state index in [4.69, 9.17) is 4.74 Å². The van der Waals surface area contributed by atoms with E-state index in [0.29, 0.717) is 0 Å². The molecule has 2 heterocycles. The van der Waals surface area contributed by atoms with Crippen LogP contribution < -0.4 is 9.30 Å². The molecule has 1 fully saturated rings. The summed E-state index contributed by atoms with van der Waals surface area (Å²) in [6.07, 6.45) is 9.79. The number of pyridine rings is 1. The molecule has 2 heteroatoms. The number of benzene rings is 4. The lowest BCUT2D eigenvalue weighted by Crippen LogP contribution is -2.32. The van der Waals surface area contributed by atoms with Gasteiger partial charge in [0.25, 0.3) is 0 Å². The largest absolute Gasteiger partial charge is 0.455 e. The highest BCUT2D eigenvalue weighted by molar-refractivity contribution is 6.16. The van der Waals surface area contributed by atoms with Crippen LogP contribution >= 0.6 is 0 Å². The molecule has 4 aromatic carbocycles. The van der Waals surface area contributed by atoms with Crippen LogP contribution in [0.3, 0.4) is 0 Å². The molecule has 2 nitrogen and oxygen atoms in total. The molecule has 0 spiro atoms. The molecule has 2 aliphatic rings. The zero-order valence-electron chi connectivity index (χ0n) is 23.4. The van der Waals surface area contributed by atoms with Crippen molar-refractivity contribution in [3.8, 4) is 22.8 Å². The third kappa shape index (κ3) is 3.72. The Morgan fingerprint density at radius 3 is 2.42 bits per heavy atom. The van der Waals surface area contributed by atoms with Gasteiger partial charge in [-0.05, 0) is 69.8 Å². The first-order chi connectivity index (χ1) is 18.3. The van der Waals surface area contributed by atoms with Crippen LogP contribution in [0.25, 0.3) is 43.6 Å². The Bertz CT molecular complexity index is 1750. The van der Waals surface area contributed by atoms with E-state index in [-0.39, 0.29) is 5.41 Å². The van der Waals surface area contributed by atoms with Gasteiger partial charge in [0.2, 0.25) is 5.69 Å². The molecular weight excluding hydrogens is 462 g/mol. The molecule has 0 saturated heterocycles. The minimum atomic E-state index is 0.252. The second-order valence-corrected chi connectivity index (χ2v) is 13.0. The molecule has 7 rings (SSSR count). The van der Waals surface area contributed by atoms with Crippen molar-refractivity contribution in [3.05, 3.63) is 77.5 Å². The van der Waals surface area contributed by atoms with Crippen molar-refractivity contribution in [1.82, 2.24) is 0 Å². The molecule has 38 heavy (non-hydrogen) atoms. The average molecular weight is 501 g/mol. The van der Waals surface area contributed by atoms with Crippen LogP contribution in [0.4, 0.5) is 0 Å². The van der Waals surface area contributed by atoms with Crippen LogP contribution in [0.5, 0.6) is 11.5 Å². The summed E-state index contributed by atoms with van der Waals surface area (Å²) >= 11 is 0. The quantitative estimate of drug-likeness (QED) is 0.174. The maximum absolute atomic E-state index is 7.04. The van der Waals surface area contributed by atoms with E-state index in [2.05, 4.69) is 100 Å². The summed E-state index contributed by atoms with van der Waals surface area (Å²) in [7, 11) is 2.19. The van der Waals surface area contributed by atoms with Gasteiger partial charge in [-0.3, -0.25) is 0 Å². The summed E-state index contributed by atoms with van der Waals surface area (Å²) < 4.78 is 9.36. The Labute approximate surface area is 226 Å². The van der Waals surface area contributed by atoms with Crippen molar-refractivity contribution in [1.29, 1.82) is 0 Å². The Kier molecular flexibility index (Phi) is 5.34. The second-order valence-electron chi connectivity index (χ2n) is 13.0. The Hall–Kier alpha value is -3.39. The smallest absolute Gasteiger partial charge is 0.228 e. The van der Waals surface area contributed by atoms with Gasteiger partial charge in [0.1, 0.15) is 18.5 Å². The molecule has 0 radical (unpaired) electrons. The van der Waals surface area contributed by atoms with Crippen LogP contribution in [0, 0.1) is 18.3 Å². The van der Waals surface area contributed by atoms with E-state index in [1.807, 2.05) is 0 Å². The monoisotopic (exact) mass is 500 g/mol. The van der Waals surface area contributed by atoms with Gasteiger partial charge < -0.3 is 4.74 Å². The molecule has 0 atom stereocenters. The highest BCUT2D eigenvalue weighted by Crippen LogP contribution is 2.52. The molecule has 1 aliphatic heterocycles. The van der Waals surface area contributed by atoms with E-state index in [9.17, 15) is 0 Å². The molecule has 0 amide bonds. The predicted octanol–water partition coefficient (Wildman–Crippen LogP) is 9.37. The number of hydrogen-bond donors (Lipinski definition) is 0. The highest BCUT2D eigenvalue weighted by Gasteiger charge is 2.34.